The molecule has 12 nitrogen and oxygen atoms in total. The quantitative estimate of drug-likeness (QED) is 0.0705. The van der Waals surface area contributed by atoms with E-state index in [0.29, 0.717) is 19.8 Å². The minimum Gasteiger partial charge on any atom is -0.459 e. The van der Waals surface area contributed by atoms with Crippen LogP contribution in [0.2, 0.25) is 0 Å². The van der Waals surface area contributed by atoms with Crippen LogP contribution in [0.4, 0.5) is 0 Å². The summed E-state index contributed by atoms with van der Waals surface area (Å²) < 4.78 is 47.3. The van der Waals surface area contributed by atoms with Crippen LogP contribution in [0.3, 0.4) is 0 Å². The number of hydrogen-bond acceptors (Lipinski definition) is 12. The van der Waals surface area contributed by atoms with E-state index in [1.807, 2.05) is 6.92 Å². The fourth-order valence-electron chi connectivity index (χ4n) is 5.35. The highest BCUT2D eigenvalue weighted by molar-refractivity contribution is 5.91. The van der Waals surface area contributed by atoms with Crippen LogP contribution in [0.5, 0.6) is 0 Å². The summed E-state index contributed by atoms with van der Waals surface area (Å²) in [5.74, 6) is -3.03. The van der Waals surface area contributed by atoms with Gasteiger partial charge in [0.15, 0.2) is 24.6 Å². The highest BCUT2D eigenvalue weighted by Crippen LogP contribution is 2.32. The largest absolute Gasteiger partial charge is 0.459 e. The topological polar surface area (TPSA) is 142 Å². The summed E-state index contributed by atoms with van der Waals surface area (Å²) in [5.41, 5.74) is 0.850. The molecular weight excluding hydrogens is 684 g/mol. The Kier molecular flexibility index (Phi) is 15.1. The number of benzene rings is 4. The maximum atomic E-state index is 13.7. The molecule has 0 aliphatic carbocycles. The van der Waals surface area contributed by atoms with Crippen LogP contribution in [-0.2, 0) is 37.9 Å². The summed E-state index contributed by atoms with van der Waals surface area (Å²) in [5, 5.41) is 0. The van der Waals surface area contributed by atoms with Crippen molar-refractivity contribution in [2.45, 2.75) is 44.1 Å². The molecule has 1 heterocycles. The number of esters is 4. The Hall–Kier alpha value is -5.40. The van der Waals surface area contributed by atoms with Crippen LogP contribution in [0, 0.1) is 0 Å². The second kappa shape index (κ2) is 20.6. The van der Waals surface area contributed by atoms with Gasteiger partial charge in [-0.05, 0) is 55.0 Å². The van der Waals surface area contributed by atoms with Crippen molar-refractivity contribution >= 4 is 23.9 Å². The van der Waals surface area contributed by atoms with Gasteiger partial charge in [0.05, 0.1) is 48.7 Å². The molecule has 2 unspecified atom stereocenters. The van der Waals surface area contributed by atoms with Gasteiger partial charge in [-0.2, -0.15) is 0 Å². The average molecular weight is 727 g/mol. The molecule has 4 aromatic carbocycles. The van der Waals surface area contributed by atoms with Crippen molar-refractivity contribution in [2.75, 3.05) is 39.6 Å². The van der Waals surface area contributed by atoms with Gasteiger partial charge in [0.1, 0.15) is 12.7 Å². The first-order valence-electron chi connectivity index (χ1n) is 17.4. The molecule has 4 aromatic rings. The highest BCUT2D eigenvalue weighted by atomic mass is 16.7. The zero-order chi connectivity index (χ0) is 37.3. The van der Waals surface area contributed by atoms with Crippen molar-refractivity contribution in [1.29, 1.82) is 0 Å². The Morgan fingerprint density at radius 3 is 1.36 bits per heavy atom. The van der Waals surface area contributed by atoms with E-state index in [4.69, 9.17) is 37.9 Å². The van der Waals surface area contributed by atoms with Gasteiger partial charge in [-0.3, -0.25) is 0 Å². The van der Waals surface area contributed by atoms with Crippen molar-refractivity contribution in [3.8, 4) is 0 Å². The third-order valence-corrected chi connectivity index (χ3v) is 7.97. The summed E-state index contributed by atoms with van der Waals surface area (Å²) in [6.45, 7) is 2.95. The van der Waals surface area contributed by atoms with Gasteiger partial charge in [-0.25, -0.2) is 19.2 Å². The molecule has 5 atom stereocenters. The lowest BCUT2D eigenvalue weighted by molar-refractivity contribution is -0.300. The standard InChI is InChI=1S/C41H42O12/c1-2-23-46-24-25-47-26-27-48-41-36(53-40(45)32-21-13-6-14-22-32)35(52-39(44)31-19-11-5-12-20-31)34(51-38(43)30-17-9-4-10-18-30)33(50-41)28-49-37(42)29-15-7-3-8-16-29/h3-22,33-36,41H,2,23-28H2,1H3/t33?,34-,35-,36?,41+/m0/s1. The van der Waals surface area contributed by atoms with Gasteiger partial charge in [-0.1, -0.05) is 79.7 Å². The molecule has 278 valence electrons. The number of ether oxygens (including phenoxy) is 8. The van der Waals surface area contributed by atoms with Crippen LogP contribution < -0.4 is 0 Å². The predicted octanol–water partition coefficient (Wildman–Crippen LogP) is 5.70. The van der Waals surface area contributed by atoms with E-state index < -0.39 is 61.2 Å². The monoisotopic (exact) mass is 726 g/mol. The maximum Gasteiger partial charge on any atom is 0.338 e. The Morgan fingerprint density at radius 1 is 0.491 bits per heavy atom. The molecule has 0 bridgehead atoms. The number of carbonyl (C=O) groups is 4. The molecule has 1 fully saturated rings. The zero-order valence-corrected chi connectivity index (χ0v) is 29.3. The van der Waals surface area contributed by atoms with Crippen LogP contribution >= 0.6 is 0 Å². The van der Waals surface area contributed by atoms with Gasteiger partial charge < -0.3 is 37.9 Å². The molecule has 1 saturated heterocycles. The van der Waals surface area contributed by atoms with Crippen molar-refractivity contribution in [2.24, 2.45) is 0 Å². The second-order valence-corrected chi connectivity index (χ2v) is 11.8. The molecule has 12 heteroatoms. The smallest absolute Gasteiger partial charge is 0.338 e. The maximum absolute atomic E-state index is 13.7. The molecule has 1 aliphatic rings. The van der Waals surface area contributed by atoms with Gasteiger partial charge in [0.2, 0.25) is 0 Å². The Labute approximate surface area is 307 Å². The molecular formula is C41H42O12. The minimum atomic E-state index is -1.51. The third kappa shape index (κ3) is 11.5. The summed E-state index contributed by atoms with van der Waals surface area (Å²) in [7, 11) is 0. The Morgan fingerprint density at radius 2 is 0.887 bits per heavy atom. The lowest BCUT2D eigenvalue weighted by atomic mass is 9.97. The van der Waals surface area contributed by atoms with Crippen molar-refractivity contribution in [3.05, 3.63) is 144 Å². The fraction of sp³-hybridized carbons (Fsp3) is 0.317. The van der Waals surface area contributed by atoms with Crippen molar-refractivity contribution in [3.63, 3.8) is 0 Å². The van der Waals surface area contributed by atoms with E-state index >= 15 is 0 Å². The zero-order valence-electron chi connectivity index (χ0n) is 29.3. The van der Waals surface area contributed by atoms with Crippen LogP contribution in [0.1, 0.15) is 54.8 Å². The SMILES string of the molecule is CCCOCCOCCO[C@@H]1OC(COC(=O)c2ccccc2)[C@H](OC(=O)c2ccccc2)[C@H](OC(=O)c2ccccc2)C1OC(=O)c1ccccc1. The molecule has 0 radical (unpaired) electrons. The predicted molar refractivity (Wildman–Crippen MR) is 190 cm³/mol. The molecule has 0 saturated carbocycles. The number of rotatable bonds is 18. The lowest BCUT2D eigenvalue weighted by Crippen LogP contribution is -2.63. The van der Waals surface area contributed by atoms with E-state index in [1.54, 1.807) is 121 Å². The fourth-order valence-corrected chi connectivity index (χ4v) is 5.35. The molecule has 1 aliphatic heterocycles. The minimum absolute atomic E-state index is 0.0395. The second-order valence-electron chi connectivity index (χ2n) is 11.8. The van der Waals surface area contributed by atoms with Gasteiger partial charge >= 0.3 is 23.9 Å². The van der Waals surface area contributed by atoms with E-state index in [-0.39, 0.29) is 35.5 Å². The van der Waals surface area contributed by atoms with E-state index in [9.17, 15) is 19.2 Å². The first kappa shape index (κ1) is 38.8. The van der Waals surface area contributed by atoms with Crippen LogP contribution in [0.15, 0.2) is 121 Å². The number of hydrogen-bond donors (Lipinski definition) is 0. The van der Waals surface area contributed by atoms with Crippen molar-refractivity contribution in [1.82, 2.24) is 0 Å². The summed E-state index contributed by atoms with van der Waals surface area (Å²) >= 11 is 0. The molecule has 0 N–H and O–H groups in total. The van der Waals surface area contributed by atoms with Gasteiger partial charge in [0.25, 0.3) is 0 Å². The van der Waals surface area contributed by atoms with Crippen molar-refractivity contribution < 1.29 is 57.1 Å². The van der Waals surface area contributed by atoms with Gasteiger partial charge in [0, 0.05) is 6.61 Å². The first-order chi connectivity index (χ1) is 25.9. The summed E-state index contributed by atoms with van der Waals surface area (Å²) in [6.07, 6.45) is -6.22. The van der Waals surface area contributed by atoms with E-state index in [1.165, 1.54) is 0 Å². The highest BCUT2D eigenvalue weighted by Gasteiger charge is 2.53. The normalized spacial score (nSPS) is 19.5. The molecule has 5 rings (SSSR count). The Balaban J connectivity index is 1.48. The molecule has 0 spiro atoms. The van der Waals surface area contributed by atoms with Crippen LogP contribution in [0.25, 0.3) is 0 Å². The molecule has 0 aromatic heterocycles. The van der Waals surface area contributed by atoms with E-state index in [2.05, 4.69) is 0 Å². The third-order valence-electron chi connectivity index (χ3n) is 7.97. The van der Waals surface area contributed by atoms with E-state index in [0.717, 1.165) is 6.42 Å². The average Bonchev–Trinajstić information content (AvgIpc) is 3.21. The molecule has 0 amide bonds. The van der Waals surface area contributed by atoms with Gasteiger partial charge in [-0.15, -0.1) is 0 Å². The lowest BCUT2D eigenvalue weighted by Gasteiger charge is -2.44. The molecule has 53 heavy (non-hydrogen) atoms. The number of carbonyl (C=O) groups excluding carboxylic acids is 4. The Bertz CT molecular complexity index is 1720. The summed E-state index contributed by atoms with van der Waals surface area (Å²) in [6, 6.07) is 32.8. The first-order valence-corrected chi connectivity index (χ1v) is 17.4. The van der Waals surface area contributed by atoms with Crippen LogP contribution in [-0.4, -0.2) is 94.2 Å². The summed E-state index contributed by atoms with van der Waals surface area (Å²) in [4.78, 5) is 53.9.